The fourth-order valence-electron chi connectivity index (χ4n) is 5.49. The van der Waals surface area contributed by atoms with Crippen LogP contribution in [0.1, 0.15) is 53.6 Å². The molecule has 1 aliphatic carbocycles. The van der Waals surface area contributed by atoms with Crippen LogP contribution in [-0.2, 0) is 32.6 Å². The molecular weight excluding hydrogens is 545 g/mol. The van der Waals surface area contributed by atoms with Crippen molar-refractivity contribution in [2.75, 3.05) is 6.54 Å². The molecular formula is C31H32FN3O5S. The molecule has 3 aromatic rings. The van der Waals surface area contributed by atoms with E-state index in [1.54, 1.807) is 6.07 Å². The molecule has 1 atom stereocenters. The molecule has 8 nitrogen and oxygen atoms in total. The monoisotopic (exact) mass is 577 g/mol. The predicted octanol–water partition coefficient (Wildman–Crippen LogP) is 4.06. The van der Waals surface area contributed by atoms with E-state index >= 15 is 0 Å². The third-order valence-corrected chi connectivity index (χ3v) is 9.47. The van der Waals surface area contributed by atoms with Crippen LogP contribution in [0.5, 0.6) is 0 Å². The Labute approximate surface area is 239 Å². The molecule has 0 spiro atoms. The van der Waals surface area contributed by atoms with Gasteiger partial charge in [0.25, 0.3) is 15.9 Å². The molecule has 0 aromatic heterocycles. The van der Waals surface area contributed by atoms with Crippen LogP contribution in [0.15, 0.2) is 83.8 Å². The molecule has 0 radical (unpaired) electrons. The molecule has 1 fully saturated rings. The summed E-state index contributed by atoms with van der Waals surface area (Å²) < 4.78 is 40.7. The standard InChI is InChI=1S/C31H32FN3O5S/c32-24-17-15-23(16-18-24)20-34(29(36)21-35-31(38)26-13-7-8-14-28(26)41(35,39)40)27(19-22-9-3-1-4-10-22)30(37)33-25-11-5-2-6-12-25/h1,3-4,7-10,13-18,25,27H,2,5-6,11-12,19-21H2,(H,33,37)/t27-/m1/s1. The first-order chi connectivity index (χ1) is 19.7. The number of nitrogens with one attached hydrogen (secondary N) is 1. The highest BCUT2D eigenvalue weighted by molar-refractivity contribution is 7.90. The van der Waals surface area contributed by atoms with Gasteiger partial charge in [-0.3, -0.25) is 14.4 Å². The summed E-state index contributed by atoms with van der Waals surface area (Å²) in [6.07, 6.45) is 4.97. The van der Waals surface area contributed by atoms with Crippen molar-refractivity contribution < 1.29 is 27.2 Å². The Kier molecular flexibility index (Phi) is 8.49. The molecule has 41 heavy (non-hydrogen) atoms. The van der Waals surface area contributed by atoms with Gasteiger partial charge in [-0.2, -0.15) is 0 Å². The van der Waals surface area contributed by atoms with Gasteiger partial charge in [0.15, 0.2) is 0 Å². The van der Waals surface area contributed by atoms with E-state index in [1.165, 1.54) is 47.4 Å². The second-order valence-corrected chi connectivity index (χ2v) is 12.3. The highest BCUT2D eigenvalue weighted by Crippen LogP contribution is 2.30. The minimum absolute atomic E-state index is 0.00117. The average molecular weight is 578 g/mol. The topological polar surface area (TPSA) is 104 Å². The number of fused-ring (bicyclic) bond motifs is 1. The Morgan fingerprint density at radius 2 is 1.56 bits per heavy atom. The van der Waals surface area contributed by atoms with Gasteiger partial charge >= 0.3 is 0 Å². The molecule has 3 aromatic carbocycles. The maximum absolute atomic E-state index is 14.0. The highest BCUT2D eigenvalue weighted by atomic mass is 32.2. The SMILES string of the molecule is O=C(NC1CCCCC1)[C@@H](Cc1ccccc1)N(Cc1ccc(F)cc1)C(=O)CN1C(=O)c2ccccc2S1(=O)=O. The number of carbonyl (C=O) groups excluding carboxylic acids is 3. The van der Waals surface area contributed by atoms with Gasteiger partial charge in [0, 0.05) is 19.0 Å². The lowest BCUT2D eigenvalue weighted by Crippen LogP contribution is -2.55. The zero-order valence-corrected chi connectivity index (χ0v) is 23.4. The summed E-state index contributed by atoms with van der Waals surface area (Å²) in [5.41, 5.74) is 1.37. The van der Waals surface area contributed by atoms with E-state index in [1.807, 2.05) is 30.3 Å². The lowest BCUT2D eigenvalue weighted by atomic mass is 9.94. The van der Waals surface area contributed by atoms with Gasteiger partial charge < -0.3 is 10.2 Å². The zero-order chi connectivity index (χ0) is 29.0. The van der Waals surface area contributed by atoms with Crippen LogP contribution in [0.25, 0.3) is 0 Å². The first-order valence-electron chi connectivity index (χ1n) is 13.8. The Hall–Kier alpha value is -4.05. The summed E-state index contributed by atoms with van der Waals surface area (Å²) in [5.74, 6) is -2.30. The summed E-state index contributed by atoms with van der Waals surface area (Å²) in [5, 5.41) is 3.11. The second-order valence-electron chi connectivity index (χ2n) is 10.5. The van der Waals surface area contributed by atoms with Crippen LogP contribution in [0.2, 0.25) is 0 Å². The van der Waals surface area contributed by atoms with Gasteiger partial charge in [-0.1, -0.05) is 73.9 Å². The lowest BCUT2D eigenvalue weighted by molar-refractivity contribution is -0.141. The van der Waals surface area contributed by atoms with Crippen molar-refractivity contribution >= 4 is 27.7 Å². The van der Waals surface area contributed by atoms with E-state index in [9.17, 15) is 27.2 Å². The van der Waals surface area contributed by atoms with Crippen molar-refractivity contribution in [1.82, 2.24) is 14.5 Å². The first-order valence-corrected chi connectivity index (χ1v) is 15.2. The maximum atomic E-state index is 14.0. The largest absolute Gasteiger partial charge is 0.352 e. The third kappa shape index (κ3) is 6.32. The number of benzene rings is 3. The van der Waals surface area contributed by atoms with E-state index in [-0.39, 0.29) is 35.4 Å². The molecule has 1 aliphatic heterocycles. The summed E-state index contributed by atoms with van der Waals surface area (Å²) in [6.45, 7) is -0.844. The smallest absolute Gasteiger partial charge is 0.269 e. The van der Waals surface area contributed by atoms with Crippen LogP contribution < -0.4 is 5.32 Å². The highest BCUT2D eigenvalue weighted by Gasteiger charge is 2.43. The van der Waals surface area contributed by atoms with Crippen molar-refractivity contribution in [2.45, 2.75) is 62.0 Å². The first kappa shape index (κ1) is 28.5. The van der Waals surface area contributed by atoms with E-state index in [2.05, 4.69) is 5.32 Å². The molecule has 10 heteroatoms. The Morgan fingerprint density at radius 3 is 2.24 bits per heavy atom. The van der Waals surface area contributed by atoms with Crippen LogP contribution in [0, 0.1) is 5.82 Å². The lowest BCUT2D eigenvalue weighted by Gasteiger charge is -2.34. The number of hydrogen-bond acceptors (Lipinski definition) is 5. The molecule has 1 heterocycles. The fraction of sp³-hybridized carbons (Fsp3) is 0.323. The number of rotatable bonds is 9. The van der Waals surface area contributed by atoms with E-state index in [4.69, 9.17) is 0 Å². The molecule has 0 saturated heterocycles. The number of hydrogen-bond donors (Lipinski definition) is 1. The molecule has 2 aliphatic rings. The minimum Gasteiger partial charge on any atom is -0.352 e. The summed E-state index contributed by atoms with van der Waals surface area (Å²) in [6, 6.07) is 19.6. The second kappa shape index (κ2) is 12.2. The van der Waals surface area contributed by atoms with Crippen molar-refractivity contribution in [2.24, 2.45) is 0 Å². The van der Waals surface area contributed by atoms with E-state index < -0.39 is 40.2 Å². The van der Waals surface area contributed by atoms with Crippen molar-refractivity contribution in [3.63, 3.8) is 0 Å². The molecule has 214 valence electrons. The minimum atomic E-state index is -4.24. The molecule has 1 saturated carbocycles. The Balaban J connectivity index is 1.48. The average Bonchev–Trinajstić information content (AvgIpc) is 3.17. The van der Waals surface area contributed by atoms with E-state index in [0.717, 1.165) is 37.7 Å². The number of amides is 3. The van der Waals surface area contributed by atoms with E-state index in [0.29, 0.717) is 9.87 Å². The van der Waals surface area contributed by atoms with Crippen molar-refractivity contribution in [1.29, 1.82) is 0 Å². The van der Waals surface area contributed by atoms with Gasteiger partial charge in [0.2, 0.25) is 11.8 Å². The number of halogens is 1. The molecule has 5 rings (SSSR count). The van der Waals surface area contributed by atoms with Gasteiger partial charge in [-0.25, -0.2) is 17.1 Å². The van der Waals surface area contributed by atoms with Crippen LogP contribution in [0.4, 0.5) is 4.39 Å². The fourth-order valence-corrected chi connectivity index (χ4v) is 7.00. The maximum Gasteiger partial charge on any atom is 0.269 e. The predicted molar refractivity (Wildman–Crippen MR) is 151 cm³/mol. The summed E-state index contributed by atoms with van der Waals surface area (Å²) in [7, 11) is -4.24. The van der Waals surface area contributed by atoms with Gasteiger partial charge in [0.05, 0.1) is 5.56 Å². The molecule has 1 N–H and O–H groups in total. The normalized spacial score (nSPS) is 17.1. The number of nitrogens with zero attached hydrogens (tertiary/aromatic N) is 2. The van der Waals surface area contributed by atoms with Crippen LogP contribution in [0.3, 0.4) is 0 Å². The Morgan fingerprint density at radius 1 is 0.902 bits per heavy atom. The molecule has 0 unspecified atom stereocenters. The summed E-state index contributed by atoms with van der Waals surface area (Å²) >= 11 is 0. The zero-order valence-electron chi connectivity index (χ0n) is 22.5. The van der Waals surface area contributed by atoms with Crippen LogP contribution >= 0.6 is 0 Å². The number of sulfonamides is 1. The summed E-state index contributed by atoms with van der Waals surface area (Å²) in [4.78, 5) is 42.1. The van der Waals surface area contributed by atoms with Crippen molar-refractivity contribution in [3.8, 4) is 0 Å². The third-order valence-electron chi connectivity index (χ3n) is 7.68. The van der Waals surface area contributed by atoms with Gasteiger partial charge in [-0.15, -0.1) is 0 Å². The Bertz CT molecular complexity index is 1520. The van der Waals surface area contributed by atoms with Crippen LogP contribution in [-0.4, -0.2) is 54.0 Å². The molecule has 3 amide bonds. The van der Waals surface area contributed by atoms with Crippen molar-refractivity contribution in [3.05, 3.63) is 101 Å². The molecule has 0 bridgehead atoms. The number of carbonyl (C=O) groups is 3. The quantitative estimate of drug-likeness (QED) is 0.413. The van der Waals surface area contributed by atoms with Gasteiger partial charge in [0.1, 0.15) is 23.3 Å². The van der Waals surface area contributed by atoms with Gasteiger partial charge in [-0.05, 0) is 48.2 Å².